The van der Waals surface area contributed by atoms with Gasteiger partial charge in [0.15, 0.2) is 0 Å². The number of carbonyl (C=O) groups is 1. The fourth-order valence-corrected chi connectivity index (χ4v) is 3.90. The second-order valence-electron chi connectivity index (χ2n) is 6.34. The zero-order chi connectivity index (χ0) is 11.7. The molecule has 4 unspecified atom stereocenters. The fraction of sp³-hybridized carbons (Fsp3) is 0.929. The van der Waals surface area contributed by atoms with Gasteiger partial charge in [0, 0.05) is 0 Å². The van der Waals surface area contributed by atoms with Gasteiger partial charge >= 0.3 is 5.97 Å². The first kappa shape index (κ1) is 11.9. The molecule has 0 spiro atoms. The molecule has 16 heavy (non-hydrogen) atoms. The van der Waals surface area contributed by atoms with E-state index in [1.165, 1.54) is 25.7 Å². The van der Waals surface area contributed by atoms with Crippen molar-refractivity contribution in [2.24, 2.45) is 29.6 Å². The van der Waals surface area contributed by atoms with Crippen molar-refractivity contribution < 1.29 is 9.90 Å². The van der Waals surface area contributed by atoms with Crippen molar-refractivity contribution in [3.8, 4) is 0 Å². The standard InChI is InChI=1S/C14H24O2/c1-9(2)5-13(14(15)16)8-12-7-10-3-4-11(12)6-10/h9-13H,3-8H2,1-2H3,(H,15,16). The largest absolute Gasteiger partial charge is 0.481 e. The molecule has 2 aliphatic carbocycles. The molecule has 2 fully saturated rings. The SMILES string of the molecule is CC(C)CC(CC1CC2CCC1C2)C(=O)O. The van der Waals surface area contributed by atoms with Gasteiger partial charge in [-0.15, -0.1) is 0 Å². The minimum Gasteiger partial charge on any atom is -0.481 e. The topological polar surface area (TPSA) is 37.3 Å². The van der Waals surface area contributed by atoms with Gasteiger partial charge in [0.25, 0.3) is 0 Å². The van der Waals surface area contributed by atoms with Crippen LogP contribution in [0.25, 0.3) is 0 Å². The van der Waals surface area contributed by atoms with Crippen LogP contribution in [0.15, 0.2) is 0 Å². The molecule has 0 radical (unpaired) electrons. The Kier molecular flexibility index (Phi) is 3.56. The van der Waals surface area contributed by atoms with Gasteiger partial charge in [-0.25, -0.2) is 0 Å². The van der Waals surface area contributed by atoms with Crippen LogP contribution < -0.4 is 0 Å². The van der Waals surface area contributed by atoms with Crippen LogP contribution in [0.2, 0.25) is 0 Å². The average Bonchev–Trinajstić information content (AvgIpc) is 2.77. The molecule has 2 rings (SSSR count). The minimum atomic E-state index is -0.573. The molecule has 2 heteroatoms. The highest BCUT2D eigenvalue weighted by Crippen LogP contribution is 2.50. The second kappa shape index (κ2) is 4.77. The van der Waals surface area contributed by atoms with Crippen LogP contribution in [0.5, 0.6) is 0 Å². The van der Waals surface area contributed by atoms with Crippen LogP contribution in [0.3, 0.4) is 0 Å². The van der Waals surface area contributed by atoms with E-state index in [0.717, 1.165) is 30.6 Å². The lowest BCUT2D eigenvalue weighted by atomic mass is 9.80. The van der Waals surface area contributed by atoms with Crippen LogP contribution in [-0.4, -0.2) is 11.1 Å². The van der Waals surface area contributed by atoms with Crippen LogP contribution in [0.1, 0.15) is 52.4 Å². The first-order valence-electron chi connectivity index (χ1n) is 6.79. The first-order chi connectivity index (χ1) is 7.56. The molecule has 1 N–H and O–H groups in total. The van der Waals surface area contributed by atoms with Crippen molar-refractivity contribution in [2.75, 3.05) is 0 Å². The molecule has 2 nitrogen and oxygen atoms in total. The van der Waals surface area contributed by atoms with E-state index in [2.05, 4.69) is 13.8 Å². The summed E-state index contributed by atoms with van der Waals surface area (Å²) in [4.78, 5) is 11.2. The maximum Gasteiger partial charge on any atom is 0.306 e. The van der Waals surface area contributed by atoms with E-state index in [0.29, 0.717) is 5.92 Å². The monoisotopic (exact) mass is 224 g/mol. The molecule has 0 amide bonds. The summed E-state index contributed by atoms with van der Waals surface area (Å²) in [6.45, 7) is 4.24. The van der Waals surface area contributed by atoms with Crippen molar-refractivity contribution in [3.63, 3.8) is 0 Å². The number of fused-ring (bicyclic) bond motifs is 2. The van der Waals surface area contributed by atoms with Crippen molar-refractivity contribution in [1.29, 1.82) is 0 Å². The van der Waals surface area contributed by atoms with Gasteiger partial charge in [0.2, 0.25) is 0 Å². The predicted octanol–water partition coefficient (Wildman–Crippen LogP) is 3.56. The fourth-order valence-electron chi connectivity index (χ4n) is 3.90. The third-order valence-electron chi connectivity index (χ3n) is 4.58. The number of carboxylic acid groups (broad SMARTS) is 1. The molecule has 0 aromatic rings. The van der Waals surface area contributed by atoms with Crippen LogP contribution >= 0.6 is 0 Å². The van der Waals surface area contributed by atoms with E-state index in [-0.39, 0.29) is 5.92 Å². The molecule has 0 aliphatic heterocycles. The number of hydrogen-bond acceptors (Lipinski definition) is 1. The molecule has 92 valence electrons. The lowest BCUT2D eigenvalue weighted by molar-refractivity contribution is -0.143. The van der Waals surface area contributed by atoms with Gasteiger partial charge < -0.3 is 5.11 Å². The zero-order valence-corrected chi connectivity index (χ0v) is 10.5. The summed E-state index contributed by atoms with van der Waals surface area (Å²) in [5.41, 5.74) is 0. The molecular formula is C14H24O2. The van der Waals surface area contributed by atoms with Crippen LogP contribution in [0.4, 0.5) is 0 Å². The summed E-state index contributed by atoms with van der Waals surface area (Å²) in [6.07, 6.45) is 7.26. The van der Waals surface area contributed by atoms with Crippen LogP contribution in [-0.2, 0) is 4.79 Å². The van der Waals surface area contributed by atoms with E-state index in [4.69, 9.17) is 0 Å². The molecule has 2 aliphatic rings. The summed E-state index contributed by atoms with van der Waals surface area (Å²) in [5.74, 6) is 2.35. The quantitative estimate of drug-likeness (QED) is 0.775. The summed E-state index contributed by atoms with van der Waals surface area (Å²) in [7, 11) is 0. The zero-order valence-electron chi connectivity index (χ0n) is 10.5. The highest BCUT2D eigenvalue weighted by atomic mass is 16.4. The molecule has 0 saturated heterocycles. The van der Waals surface area contributed by atoms with Crippen molar-refractivity contribution in [1.82, 2.24) is 0 Å². The Balaban J connectivity index is 1.88. The van der Waals surface area contributed by atoms with Gasteiger partial charge in [-0.1, -0.05) is 20.3 Å². The number of aliphatic carboxylic acids is 1. The molecule has 2 bridgehead atoms. The lowest BCUT2D eigenvalue weighted by Crippen LogP contribution is -2.22. The van der Waals surface area contributed by atoms with Gasteiger partial charge in [0.05, 0.1) is 5.92 Å². The van der Waals surface area contributed by atoms with Crippen molar-refractivity contribution in [2.45, 2.75) is 52.4 Å². The Bertz CT molecular complexity index is 259. The molecule has 4 atom stereocenters. The highest BCUT2D eigenvalue weighted by Gasteiger charge is 2.40. The molecule has 0 heterocycles. The Morgan fingerprint density at radius 2 is 2.06 bits per heavy atom. The average molecular weight is 224 g/mol. The number of carboxylic acids is 1. The van der Waals surface area contributed by atoms with E-state index >= 15 is 0 Å². The Morgan fingerprint density at radius 1 is 1.31 bits per heavy atom. The smallest absolute Gasteiger partial charge is 0.306 e. The van der Waals surface area contributed by atoms with E-state index < -0.39 is 5.97 Å². The minimum absolute atomic E-state index is 0.0932. The van der Waals surface area contributed by atoms with E-state index in [1.807, 2.05) is 0 Å². The lowest BCUT2D eigenvalue weighted by Gasteiger charge is -2.25. The van der Waals surface area contributed by atoms with Gasteiger partial charge in [-0.2, -0.15) is 0 Å². The van der Waals surface area contributed by atoms with Crippen LogP contribution in [0, 0.1) is 29.6 Å². The van der Waals surface area contributed by atoms with Crippen molar-refractivity contribution in [3.05, 3.63) is 0 Å². The maximum absolute atomic E-state index is 11.2. The first-order valence-corrected chi connectivity index (χ1v) is 6.79. The normalized spacial score (nSPS) is 34.6. The van der Waals surface area contributed by atoms with Crippen molar-refractivity contribution >= 4 is 5.97 Å². The number of hydrogen-bond donors (Lipinski definition) is 1. The molecular weight excluding hydrogens is 200 g/mol. The third-order valence-corrected chi connectivity index (χ3v) is 4.58. The summed E-state index contributed by atoms with van der Waals surface area (Å²) < 4.78 is 0. The summed E-state index contributed by atoms with van der Waals surface area (Å²) >= 11 is 0. The maximum atomic E-state index is 11.2. The van der Waals surface area contributed by atoms with E-state index in [9.17, 15) is 9.90 Å². The molecule has 0 aromatic carbocycles. The third kappa shape index (κ3) is 2.58. The second-order valence-corrected chi connectivity index (χ2v) is 6.34. The highest BCUT2D eigenvalue weighted by molar-refractivity contribution is 5.69. The van der Waals surface area contributed by atoms with Gasteiger partial charge in [-0.3, -0.25) is 4.79 Å². The van der Waals surface area contributed by atoms with E-state index in [1.54, 1.807) is 0 Å². The Morgan fingerprint density at radius 3 is 2.50 bits per heavy atom. The molecule has 0 aromatic heterocycles. The predicted molar refractivity (Wildman–Crippen MR) is 64.1 cm³/mol. The van der Waals surface area contributed by atoms with Gasteiger partial charge in [0.1, 0.15) is 0 Å². The molecule has 2 saturated carbocycles. The van der Waals surface area contributed by atoms with Gasteiger partial charge in [-0.05, 0) is 55.8 Å². The number of rotatable bonds is 5. The summed E-state index contributed by atoms with van der Waals surface area (Å²) in [5, 5.41) is 9.25. The Hall–Kier alpha value is -0.530. The Labute approximate surface area is 98.4 Å². The summed E-state index contributed by atoms with van der Waals surface area (Å²) in [6, 6.07) is 0.